The molecule has 0 saturated heterocycles. The Morgan fingerprint density at radius 3 is 2.38 bits per heavy atom. The highest BCUT2D eigenvalue weighted by molar-refractivity contribution is 9.10. The van der Waals surface area contributed by atoms with Gasteiger partial charge in [-0.3, -0.25) is 0 Å². The van der Waals surface area contributed by atoms with Gasteiger partial charge in [-0.2, -0.15) is 0 Å². The van der Waals surface area contributed by atoms with Crippen molar-refractivity contribution in [3.63, 3.8) is 0 Å². The molecule has 1 heterocycles. The molecule has 0 saturated carbocycles. The van der Waals surface area contributed by atoms with Crippen molar-refractivity contribution in [1.82, 2.24) is 3.97 Å². The lowest BCUT2D eigenvalue weighted by molar-refractivity contribution is 0.341. The number of aryl methyl sites for hydroxylation is 1. The molecule has 6 heteroatoms. The molecule has 126 valence electrons. The van der Waals surface area contributed by atoms with Crippen LogP contribution in [0.5, 0.6) is 5.75 Å². The average Bonchev–Trinajstić information content (AvgIpc) is 2.81. The second-order valence-corrected chi connectivity index (χ2v) is 8.29. The lowest BCUT2D eigenvalue weighted by atomic mass is 10.2. The van der Waals surface area contributed by atoms with Crippen LogP contribution in [0.4, 0.5) is 0 Å². The molecule has 24 heavy (non-hydrogen) atoms. The average molecular weight is 408 g/mol. The maximum absolute atomic E-state index is 13.2. The standard InChI is InChI=1S/C18H18BrNO3S/c1-4-23-18-13(3)20(17-10-7-14(19)11-16(17)18)24(21,22)15-8-5-12(2)6-9-15/h5-11H,4H2,1-3H3. The predicted octanol–water partition coefficient (Wildman–Crippen LogP) is 4.66. The molecule has 1 aromatic heterocycles. The van der Waals surface area contributed by atoms with Crippen LogP contribution in [-0.2, 0) is 10.0 Å². The molecule has 0 radical (unpaired) electrons. The SMILES string of the molecule is CCOc1c(C)n(S(=O)(=O)c2ccc(C)cc2)c2ccc(Br)cc12. The molecule has 0 aliphatic carbocycles. The summed E-state index contributed by atoms with van der Waals surface area (Å²) in [6.45, 7) is 6.05. The zero-order valence-electron chi connectivity index (χ0n) is 13.7. The summed E-state index contributed by atoms with van der Waals surface area (Å²) in [7, 11) is -3.70. The fourth-order valence-electron chi connectivity index (χ4n) is 2.79. The highest BCUT2D eigenvalue weighted by Gasteiger charge is 2.25. The first-order valence-electron chi connectivity index (χ1n) is 7.62. The van der Waals surface area contributed by atoms with Crippen molar-refractivity contribution in [3.8, 4) is 5.75 Å². The van der Waals surface area contributed by atoms with Crippen LogP contribution in [0.15, 0.2) is 51.8 Å². The number of nitrogens with zero attached hydrogens (tertiary/aromatic N) is 1. The lowest BCUT2D eigenvalue weighted by Crippen LogP contribution is -2.14. The van der Waals surface area contributed by atoms with Crippen LogP contribution in [0.2, 0.25) is 0 Å². The first-order valence-corrected chi connectivity index (χ1v) is 9.85. The maximum Gasteiger partial charge on any atom is 0.268 e. The molecule has 0 spiro atoms. The van der Waals surface area contributed by atoms with E-state index >= 15 is 0 Å². The molecular formula is C18H18BrNO3S. The summed E-state index contributed by atoms with van der Waals surface area (Å²) in [5.74, 6) is 0.601. The molecule has 0 atom stereocenters. The molecule has 2 aromatic carbocycles. The minimum Gasteiger partial charge on any atom is -0.491 e. The highest BCUT2D eigenvalue weighted by atomic mass is 79.9. The molecule has 3 rings (SSSR count). The van der Waals surface area contributed by atoms with Gasteiger partial charge in [-0.1, -0.05) is 33.6 Å². The summed E-state index contributed by atoms with van der Waals surface area (Å²) >= 11 is 3.44. The number of hydrogen-bond donors (Lipinski definition) is 0. The van der Waals surface area contributed by atoms with Crippen molar-refractivity contribution < 1.29 is 13.2 Å². The van der Waals surface area contributed by atoms with Gasteiger partial charge in [0.15, 0.2) is 0 Å². The zero-order chi connectivity index (χ0) is 17.5. The quantitative estimate of drug-likeness (QED) is 0.631. The summed E-state index contributed by atoms with van der Waals surface area (Å²) in [6, 6.07) is 12.4. The lowest BCUT2D eigenvalue weighted by Gasteiger charge is -2.10. The number of halogens is 1. The van der Waals surface area contributed by atoms with E-state index in [2.05, 4.69) is 15.9 Å². The molecular weight excluding hydrogens is 390 g/mol. The van der Waals surface area contributed by atoms with Crippen molar-refractivity contribution in [1.29, 1.82) is 0 Å². The summed E-state index contributed by atoms with van der Waals surface area (Å²) in [4.78, 5) is 0.263. The van der Waals surface area contributed by atoms with Crippen LogP contribution >= 0.6 is 15.9 Å². The number of fused-ring (bicyclic) bond motifs is 1. The third kappa shape index (κ3) is 2.74. The van der Waals surface area contributed by atoms with E-state index in [0.717, 1.165) is 15.4 Å². The van der Waals surface area contributed by atoms with Gasteiger partial charge in [0, 0.05) is 9.86 Å². The molecule has 0 bridgehead atoms. The first-order chi connectivity index (χ1) is 11.4. The number of aromatic nitrogens is 1. The van der Waals surface area contributed by atoms with Gasteiger partial charge in [-0.05, 0) is 51.1 Å². The Morgan fingerprint density at radius 2 is 1.75 bits per heavy atom. The monoisotopic (exact) mass is 407 g/mol. The van der Waals surface area contributed by atoms with Crippen LogP contribution in [0.25, 0.3) is 10.9 Å². The third-order valence-electron chi connectivity index (χ3n) is 3.90. The second kappa shape index (κ2) is 6.26. The Hall–Kier alpha value is -1.79. The molecule has 0 N–H and O–H groups in total. The van der Waals surface area contributed by atoms with E-state index in [0.29, 0.717) is 23.6 Å². The first kappa shape index (κ1) is 17.0. The number of hydrogen-bond acceptors (Lipinski definition) is 3. The van der Waals surface area contributed by atoms with Crippen LogP contribution < -0.4 is 4.74 Å². The molecule has 0 aliphatic rings. The molecule has 0 aliphatic heterocycles. The molecule has 4 nitrogen and oxygen atoms in total. The van der Waals surface area contributed by atoms with Crippen LogP contribution in [0.3, 0.4) is 0 Å². The largest absolute Gasteiger partial charge is 0.491 e. The number of rotatable bonds is 4. The minimum atomic E-state index is -3.70. The minimum absolute atomic E-state index is 0.263. The van der Waals surface area contributed by atoms with Crippen molar-refractivity contribution >= 4 is 36.9 Å². The van der Waals surface area contributed by atoms with Crippen molar-refractivity contribution in [3.05, 3.63) is 58.2 Å². The molecule has 3 aromatic rings. The Labute approximate surface area is 150 Å². The van der Waals surface area contributed by atoms with Gasteiger partial charge < -0.3 is 4.74 Å². The van der Waals surface area contributed by atoms with Gasteiger partial charge in [0.25, 0.3) is 10.0 Å². The van der Waals surface area contributed by atoms with E-state index in [1.165, 1.54) is 3.97 Å². The Balaban J connectivity index is 2.33. The summed E-state index contributed by atoms with van der Waals surface area (Å²) in [5, 5.41) is 0.777. The van der Waals surface area contributed by atoms with E-state index in [4.69, 9.17) is 4.74 Å². The maximum atomic E-state index is 13.2. The van der Waals surface area contributed by atoms with Crippen LogP contribution in [0.1, 0.15) is 18.2 Å². The summed E-state index contributed by atoms with van der Waals surface area (Å²) in [6.07, 6.45) is 0. The van der Waals surface area contributed by atoms with E-state index in [1.54, 1.807) is 37.3 Å². The highest BCUT2D eigenvalue weighted by Crippen LogP contribution is 2.37. The fraction of sp³-hybridized carbons (Fsp3) is 0.222. The van der Waals surface area contributed by atoms with Gasteiger partial charge in [-0.25, -0.2) is 12.4 Å². The van der Waals surface area contributed by atoms with Gasteiger partial charge in [0.2, 0.25) is 0 Å². The summed E-state index contributed by atoms with van der Waals surface area (Å²) in [5.41, 5.74) is 2.20. The molecule has 0 unspecified atom stereocenters. The number of ether oxygens (including phenoxy) is 1. The van der Waals surface area contributed by atoms with E-state index in [9.17, 15) is 8.42 Å². The van der Waals surface area contributed by atoms with Gasteiger partial charge in [0.1, 0.15) is 5.75 Å². The van der Waals surface area contributed by atoms with E-state index in [1.807, 2.05) is 26.0 Å². The topological polar surface area (TPSA) is 48.3 Å². The number of benzene rings is 2. The van der Waals surface area contributed by atoms with Crippen molar-refractivity contribution in [2.45, 2.75) is 25.7 Å². The van der Waals surface area contributed by atoms with Crippen molar-refractivity contribution in [2.75, 3.05) is 6.61 Å². The van der Waals surface area contributed by atoms with Crippen molar-refractivity contribution in [2.24, 2.45) is 0 Å². The third-order valence-corrected chi connectivity index (χ3v) is 6.22. The smallest absolute Gasteiger partial charge is 0.268 e. The Kier molecular flexibility index (Phi) is 4.44. The zero-order valence-corrected chi connectivity index (χ0v) is 16.1. The molecule has 0 amide bonds. The second-order valence-electron chi connectivity index (χ2n) is 5.59. The summed E-state index contributed by atoms with van der Waals surface area (Å²) < 4.78 is 34.3. The Morgan fingerprint density at radius 1 is 1.08 bits per heavy atom. The fourth-order valence-corrected chi connectivity index (χ4v) is 4.70. The van der Waals surface area contributed by atoms with Crippen LogP contribution in [0, 0.1) is 13.8 Å². The predicted molar refractivity (Wildman–Crippen MR) is 99.3 cm³/mol. The van der Waals surface area contributed by atoms with Gasteiger partial charge >= 0.3 is 0 Å². The van der Waals surface area contributed by atoms with Crippen LogP contribution in [-0.4, -0.2) is 19.0 Å². The Bertz CT molecular complexity index is 1000. The van der Waals surface area contributed by atoms with Gasteiger partial charge in [-0.15, -0.1) is 0 Å². The normalized spacial score (nSPS) is 11.8. The van der Waals surface area contributed by atoms with E-state index < -0.39 is 10.0 Å². The molecule has 0 fully saturated rings. The van der Waals surface area contributed by atoms with E-state index in [-0.39, 0.29) is 4.90 Å². The van der Waals surface area contributed by atoms with Gasteiger partial charge in [0.05, 0.1) is 22.7 Å².